The summed E-state index contributed by atoms with van der Waals surface area (Å²) in [5.74, 6) is -0.448. The number of alkyl halides is 3. The molecule has 0 aliphatic heterocycles. The third-order valence-corrected chi connectivity index (χ3v) is 5.54. The van der Waals surface area contributed by atoms with Gasteiger partial charge in [0.1, 0.15) is 11.3 Å². The lowest BCUT2D eigenvalue weighted by Gasteiger charge is -2.10. The van der Waals surface area contributed by atoms with Crippen LogP contribution in [0.5, 0.6) is 5.75 Å². The van der Waals surface area contributed by atoms with Crippen molar-refractivity contribution in [2.24, 2.45) is 0 Å². The van der Waals surface area contributed by atoms with E-state index in [0.717, 1.165) is 29.8 Å². The standard InChI is InChI=1S/C19H15F3N4O3S/c20-19(21,22)30(27,28)29-12-7-8-13-15(10-12)24-18(23)17-16(13)14(25-26-17)9-6-11-4-2-1-3-5-11/h1-5,7-8,10H,6,9H2,(H2,23,24)(H,25,26). The van der Waals surface area contributed by atoms with Gasteiger partial charge in [0, 0.05) is 22.5 Å². The molecule has 2 heterocycles. The molecule has 0 radical (unpaired) electrons. The molecule has 11 heteroatoms. The van der Waals surface area contributed by atoms with Crippen LogP contribution in [0.15, 0.2) is 48.5 Å². The highest BCUT2D eigenvalue weighted by molar-refractivity contribution is 7.88. The molecule has 0 unspecified atom stereocenters. The maximum Gasteiger partial charge on any atom is 0.534 e. The number of nitrogen functional groups attached to an aromatic ring is 1. The van der Waals surface area contributed by atoms with Crippen LogP contribution in [0.3, 0.4) is 0 Å². The summed E-state index contributed by atoms with van der Waals surface area (Å²) >= 11 is 0. The molecule has 0 bridgehead atoms. The maximum absolute atomic E-state index is 12.6. The number of nitrogens with zero attached hydrogens (tertiary/aromatic N) is 2. The molecule has 0 fully saturated rings. The average molecular weight is 436 g/mol. The van der Waals surface area contributed by atoms with Crippen LogP contribution in [0.4, 0.5) is 19.0 Å². The lowest BCUT2D eigenvalue weighted by Crippen LogP contribution is -2.28. The zero-order valence-corrected chi connectivity index (χ0v) is 16.1. The minimum atomic E-state index is -5.79. The third-order valence-electron chi connectivity index (χ3n) is 4.56. The number of aromatic amines is 1. The van der Waals surface area contributed by atoms with E-state index in [4.69, 9.17) is 5.73 Å². The lowest BCUT2D eigenvalue weighted by molar-refractivity contribution is -0.0500. The van der Waals surface area contributed by atoms with Gasteiger partial charge >= 0.3 is 15.6 Å². The molecule has 7 nitrogen and oxygen atoms in total. The number of aryl methyl sites for hydroxylation is 2. The maximum atomic E-state index is 12.6. The summed E-state index contributed by atoms with van der Waals surface area (Å²) in [7, 11) is -5.79. The zero-order valence-electron chi connectivity index (χ0n) is 15.3. The molecular weight excluding hydrogens is 421 g/mol. The van der Waals surface area contributed by atoms with Crippen molar-refractivity contribution in [1.82, 2.24) is 15.2 Å². The van der Waals surface area contributed by atoms with Crippen molar-refractivity contribution >= 4 is 37.7 Å². The molecule has 30 heavy (non-hydrogen) atoms. The molecule has 0 atom stereocenters. The first-order chi connectivity index (χ1) is 14.2. The van der Waals surface area contributed by atoms with E-state index in [0.29, 0.717) is 22.7 Å². The Hall–Kier alpha value is -3.34. The molecule has 3 N–H and O–H groups in total. The van der Waals surface area contributed by atoms with E-state index in [1.807, 2.05) is 30.3 Å². The molecule has 0 amide bonds. The first-order valence-electron chi connectivity index (χ1n) is 8.76. The third kappa shape index (κ3) is 3.63. The van der Waals surface area contributed by atoms with Crippen molar-refractivity contribution in [3.8, 4) is 5.75 Å². The number of aromatic nitrogens is 3. The normalized spacial score (nSPS) is 12.5. The number of anilines is 1. The summed E-state index contributed by atoms with van der Waals surface area (Å²) < 4.78 is 64.5. The highest BCUT2D eigenvalue weighted by Gasteiger charge is 2.48. The Morgan fingerprint density at radius 1 is 1.07 bits per heavy atom. The summed E-state index contributed by atoms with van der Waals surface area (Å²) in [4.78, 5) is 4.13. The number of nitrogens with one attached hydrogen (secondary N) is 1. The fourth-order valence-electron chi connectivity index (χ4n) is 3.17. The molecule has 156 valence electrons. The summed E-state index contributed by atoms with van der Waals surface area (Å²) in [5, 5.41) is 8.39. The Bertz CT molecular complexity index is 1340. The van der Waals surface area contributed by atoms with Crippen LogP contribution in [0.1, 0.15) is 11.3 Å². The van der Waals surface area contributed by atoms with Gasteiger partial charge in [-0.15, -0.1) is 0 Å². The van der Waals surface area contributed by atoms with Crippen LogP contribution in [0.2, 0.25) is 0 Å². The Balaban J connectivity index is 1.74. The van der Waals surface area contributed by atoms with Gasteiger partial charge in [0.05, 0.1) is 5.52 Å². The topological polar surface area (TPSA) is 111 Å². The second kappa shape index (κ2) is 7.17. The number of hydrogen-bond acceptors (Lipinski definition) is 6. The molecular formula is C19H15F3N4O3S. The van der Waals surface area contributed by atoms with Gasteiger partial charge in [-0.2, -0.15) is 26.7 Å². The Morgan fingerprint density at radius 2 is 1.80 bits per heavy atom. The molecule has 0 saturated heterocycles. The minimum Gasteiger partial charge on any atom is -0.382 e. The summed E-state index contributed by atoms with van der Waals surface area (Å²) in [5.41, 5.74) is 2.95. The first kappa shape index (κ1) is 20.0. The highest BCUT2D eigenvalue weighted by atomic mass is 32.2. The minimum absolute atomic E-state index is 0.0653. The number of pyridine rings is 1. The number of benzene rings is 2. The van der Waals surface area contributed by atoms with Gasteiger partial charge in [-0.05, 0) is 30.5 Å². The fourth-order valence-corrected chi connectivity index (χ4v) is 3.62. The molecule has 2 aromatic carbocycles. The largest absolute Gasteiger partial charge is 0.534 e. The SMILES string of the molecule is Nc1nc2cc(OS(=O)(=O)C(F)(F)F)ccc2c2c(CCc3ccccc3)[nH]nc12. The van der Waals surface area contributed by atoms with Crippen molar-refractivity contribution in [1.29, 1.82) is 0 Å². The molecule has 4 rings (SSSR count). The summed E-state index contributed by atoms with van der Waals surface area (Å²) in [6.45, 7) is 0. The number of rotatable bonds is 5. The number of hydrogen-bond donors (Lipinski definition) is 2. The van der Waals surface area contributed by atoms with E-state index < -0.39 is 21.4 Å². The number of halogens is 3. The van der Waals surface area contributed by atoms with Gasteiger partial charge in [0.25, 0.3) is 0 Å². The van der Waals surface area contributed by atoms with E-state index in [2.05, 4.69) is 19.4 Å². The lowest BCUT2D eigenvalue weighted by atomic mass is 10.0. The molecule has 0 aliphatic carbocycles. The van der Waals surface area contributed by atoms with E-state index in [9.17, 15) is 21.6 Å². The van der Waals surface area contributed by atoms with Gasteiger partial charge < -0.3 is 9.92 Å². The van der Waals surface area contributed by atoms with Gasteiger partial charge in [-0.1, -0.05) is 30.3 Å². The molecule has 0 saturated carbocycles. The molecule has 4 aromatic rings. The monoisotopic (exact) mass is 436 g/mol. The second-order valence-electron chi connectivity index (χ2n) is 6.57. The van der Waals surface area contributed by atoms with Gasteiger partial charge in [0.2, 0.25) is 0 Å². The first-order valence-corrected chi connectivity index (χ1v) is 10.2. The second-order valence-corrected chi connectivity index (χ2v) is 8.11. The Labute approximate surface area is 168 Å². The Morgan fingerprint density at radius 3 is 2.50 bits per heavy atom. The number of H-pyrrole nitrogens is 1. The summed E-state index contributed by atoms with van der Waals surface area (Å²) in [6.07, 6.45) is 1.34. The van der Waals surface area contributed by atoms with Crippen molar-refractivity contribution < 1.29 is 25.8 Å². The molecule has 0 spiro atoms. The van der Waals surface area contributed by atoms with Crippen molar-refractivity contribution in [2.75, 3.05) is 5.73 Å². The van der Waals surface area contributed by atoms with Crippen LogP contribution in [-0.2, 0) is 23.0 Å². The number of nitrogens with two attached hydrogens (primary N) is 1. The van der Waals surface area contributed by atoms with Gasteiger partial charge in [0.15, 0.2) is 5.82 Å². The van der Waals surface area contributed by atoms with Gasteiger partial charge in [-0.3, -0.25) is 5.10 Å². The molecule has 2 aromatic heterocycles. The Kier molecular flexibility index (Phi) is 4.77. The predicted molar refractivity (Wildman–Crippen MR) is 105 cm³/mol. The fraction of sp³-hybridized carbons (Fsp3) is 0.158. The average Bonchev–Trinajstić information content (AvgIpc) is 3.11. The van der Waals surface area contributed by atoms with Crippen molar-refractivity contribution in [2.45, 2.75) is 18.3 Å². The number of fused-ring (bicyclic) bond motifs is 3. The van der Waals surface area contributed by atoms with Crippen LogP contribution in [0, 0.1) is 0 Å². The van der Waals surface area contributed by atoms with E-state index >= 15 is 0 Å². The zero-order chi connectivity index (χ0) is 21.5. The van der Waals surface area contributed by atoms with E-state index in [1.165, 1.54) is 6.07 Å². The van der Waals surface area contributed by atoms with Crippen LogP contribution in [0.25, 0.3) is 21.8 Å². The highest BCUT2D eigenvalue weighted by Crippen LogP contribution is 2.33. The summed E-state index contributed by atoms with van der Waals surface area (Å²) in [6, 6.07) is 13.5. The van der Waals surface area contributed by atoms with Crippen LogP contribution < -0.4 is 9.92 Å². The van der Waals surface area contributed by atoms with Gasteiger partial charge in [-0.25, -0.2) is 4.98 Å². The van der Waals surface area contributed by atoms with Crippen LogP contribution in [-0.4, -0.2) is 29.1 Å². The predicted octanol–water partition coefficient (Wildman–Crippen LogP) is 3.71. The van der Waals surface area contributed by atoms with Crippen molar-refractivity contribution in [3.05, 3.63) is 59.8 Å². The molecule has 0 aliphatic rings. The van der Waals surface area contributed by atoms with E-state index in [-0.39, 0.29) is 11.3 Å². The van der Waals surface area contributed by atoms with Crippen molar-refractivity contribution in [3.63, 3.8) is 0 Å². The smallest absolute Gasteiger partial charge is 0.382 e. The quantitative estimate of drug-likeness (QED) is 0.365. The van der Waals surface area contributed by atoms with E-state index in [1.54, 1.807) is 0 Å². The van der Waals surface area contributed by atoms with Crippen LogP contribution >= 0.6 is 0 Å².